The topological polar surface area (TPSA) is 21.3 Å². The molecule has 0 fully saturated rings. The zero-order valence-corrected chi connectivity index (χ0v) is 14.5. The first-order chi connectivity index (χ1) is 11.3. The molecule has 3 rings (SSSR count). The van der Waals surface area contributed by atoms with E-state index in [1.165, 1.54) is 21.2 Å². The molecule has 3 heteroatoms. The summed E-state index contributed by atoms with van der Waals surface area (Å²) in [7, 11) is 1.72. The Hall–Kier alpha value is -1.84. The molecule has 0 amide bonds. The number of benzene rings is 2. The Bertz CT molecular complexity index is 765. The van der Waals surface area contributed by atoms with Gasteiger partial charge in [-0.05, 0) is 66.4 Å². The molecule has 2 aromatic carbocycles. The van der Waals surface area contributed by atoms with Crippen molar-refractivity contribution in [1.82, 2.24) is 5.32 Å². The minimum Gasteiger partial charge on any atom is -0.497 e. The number of nitrogens with one attached hydrogen (secondary N) is 1. The molecule has 0 spiro atoms. The Morgan fingerprint density at radius 2 is 2.00 bits per heavy atom. The van der Waals surface area contributed by atoms with Gasteiger partial charge >= 0.3 is 0 Å². The number of methoxy groups -OCH3 is 1. The lowest BCUT2D eigenvalue weighted by atomic mass is 10.1. The maximum Gasteiger partial charge on any atom is 0.119 e. The van der Waals surface area contributed by atoms with Crippen LogP contribution in [0.5, 0.6) is 5.75 Å². The molecule has 0 aliphatic heterocycles. The van der Waals surface area contributed by atoms with E-state index in [0.717, 1.165) is 25.1 Å². The SMILES string of the molecule is COc1cccc(CCCNC(C)c2csc3ccccc23)c1. The molecule has 1 unspecified atom stereocenters. The van der Waals surface area contributed by atoms with Crippen LogP contribution in [-0.4, -0.2) is 13.7 Å². The lowest BCUT2D eigenvalue weighted by Gasteiger charge is -2.13. The van der Waals surface area contributed by atoms with Gasteiger partial charge in [0.05, 0.1) is 7.11 Å². The van der Waals surface area contributed by atoms with E-state index in [-0.39, 0.29) is 0 Å². The monoisotopic (exact) mass is 325 g/mol. The molecular weight excluding hydrogens is 302 g/mol. The Labute approximate surface area is 142 Å². The van der Waals surface area contributed by atoms with Crippen molar-refractivity contribution >= 4 is 21.4 Å². The second-order valence-electron chi connectivity index (χ2n) is 5.82. The van der Waals surface area contributed by atoms with Crippen molar-refractivity contribution in [2.45, 2.75) is 25.8 Å². The predicted molar refractivity (Wildman–Crippen MR) is 99.6 cm³/mol. The van der Waals surface area contributed by atoms with Crippen LogP contribution in [0.3, 0.4) is 0 Å². The van der Waals surface area contributed by atoms with Crippen molar-refractivity contribution in [2.24, 2.45) is 0 Å². The van der Waals surface area contributed by atoms with Crippen LogP contribution in [0, 0.1) is 0 Å². The fraction of sp³-hybridized carbons (Fsp3) is 0.300. The van der Waals surface area contributed by atoms with Crippen molar-refractivity contribution in [3.8, 4) is 5.75 Å². The minimum atomic E-state index is 0.386. The fourth-order valence-corrected chi connectivity index (χ4v) is 3.94. The Kier molecular flexibility index (Phi) is 5.31. The van der Waals surface area contributed by atoms with Crippen LogP contribution in [-0.2, 0) is 6.42 Å². The molecule has 0 bridgehead atoms. The predicted octanol–water partition coefficient (Wildman–Crippen LogP) is 5.19. The van der Waals surface area contributed by atoms with E-state index in [9.17, 15) is 0 Å². The molecule has 0 saturated heterocycles. The van der Waals surface area contributed by atoms with Crippen molar-refractivity contribution in [1.29, 1.82) is 0 Å². The normalized spacial score (nSPS) is 12.4. The molecule has 23 heavy (non-hydrogen) atoms. The van der Waals surface area contributed by atoms with Crippen molar-refractivity contribution in [3.05, 3.63) is 65.0 Å². The van der Waals surface area contributed by atoms with E-state index in [2.05, 4.69) is 60.1 Å². The number of hydrogen-bond donors (Lipinski definition) is 1. The summed E-state index contributed by atoms with van der Waals surface area (Å²) in [4.78, 5) is 0. The van der Waals surface area contributed by atoms with Crippen LogP contribution >= 0.6 is 11.3 Å². The Balaban J connectivity index is 1.52. The van der Waals surface area contributed by atoms with Crippen LogP contribution in [0.1, 0.15) is 30.5 Å². The Morgan fingerprint density at radius 1 is 1.13 bits per heavy atom. The zero-order chi connectivity index (χ0) is 16.1. The van der Waals surface area contributed by atoms with Gasteiger partial charge in [-0.25, -0.2) is 0 Å². The molecule has 1 N–H and O–H groups in total. The van der Waals surface area contributed by atoms with Crippen LogP contribution < -0.4 is 10.1 Å². The van der Waals surface area contributed by atoms with Gasteiger partial charge < -0.3 is 10.1 Å². The molecule has 0 aliphatic rings. The van der Waals surface area contributed by atoms with E-state index in [1.54, 1.807) is 7.11 Å². The van der Waals surface area contributed by atoms with Crippen molar-refractivity contribution in [3.63, 3.8) is 0 Å². The molecule has 1 heterocycles. The average molecular weight is 325 g/mol. The summed E-state index contributed by atoms with van der Waals surface area (Å²) in [6.45, 7) is 3.27. The van der Waals surface area contributed by atoms with Crippen LogP contribution in [0.2, 0.25) is 0 Å². The molecule has 0 aliphatic carbocycles. The van der Waals surface area contributed by atoms with Gasteiger partial charge in [-0.15, -0.1) is 11.3 Å². The summed E-state index contributed by atoms with van der Waals surface area (Å²) in [5.41, 5.74) is 2.74. The number of aryl methyl sites for hydroxylation is 1. The van der Waals surface area contributed by atoms with Crippen molar-refractivity contribution < 1.29 is 4.74 Å². The highest BCUT2D eigenvalue weighted by molar-refractivity contribution is 7.17. The number of thiophene rings is 1. The zero-order valence-electron chi connectivity index (χ0n) is 13.7. The molecular formula is C20H23NOS. The largest absolute Gasteiger partial charge is 0.497 e. The molecule has 1 atom stereocenters. The van der Waals surface area contributed by atoms with Crippen LogP contribution in [0.25, 0.3) is 10.1 Å². The van der Waals surface area contributed by atoms with Gasteiger partial charge in [0.1, 0.15) is 5.75 Å². The molecule has 2 nitrogen and oxygen atoms in total. The second kappa shape index (κ2) is 7.62. The highest BCUT2D eigenvalue weighted by Crippen LogP contribution is 2.29. The van der Waals surface area contributed by atoms with Gasteiger partial charge in [0, 0.05) is 10.7 Å². The third-order valence-corrected chi connectivity index (χ3v) is 5.19. The summed E-state index contributed by atoms with van der Waals surface area (Å²) < 4.78 is 6.64. The van der Waals surface area contributed by atoms with E-state index >= 15 is 0 Å². The smallest absolute Gasteiger partial charge is 0.119 e. The van der Waals surface area contributed by atoms with E-state index in [0.29, 0.717) is 6.04 Å². The van der Waals surface area contributed by atoms with Crippen LogP contribution in [0.15, 0.2) is 53.9 Å². The quantitative estimate of drug-likeness (QED) is 0.603. The summed E-state index contributed by atoms with van der Waals surface area (Å²) in [5, 5.41) is 7.31. The summed E-state index contributed by atoms with van der Waals surface area (Å²) >= 11 is 1.83. The van der Waals surface area contributed by atoms with Gasteiger partial charge in [-0.2, -0.15) is 0 Å². The van der Waals surface area contributed by atoms with E-state index in [4.69, 9.17) is 4.74 Å². The minimum absolute atomic E-state index is 0.386. The average Bonchev–Trinajstić information content (AvgIpc) is 3.03. The summed E-state index contributed by atoms with van der Waals surface area (Å²) in [6.07, 6.45) is 2.20. The van der Waals surface area contributed by atoms with Gasteiger partial charge in [0.2, 0.25) is 0 Å². The first-order valence-electron chi connectivity index (χ1n) is 8.10. The standard InChI is InChI=1S/C20H23NOS/c1-15(19-14-23-20-11-4-3-10-18(19)20)21-12-6-8-16-7-5-9-17(13-16)22-2/h3-5,7,9-11,13-15,21H,6,8,12H2,1-2H3. The van der Waals surface area contributed by atoms with Gasteiger partial charge in [0.25, 0.3) is 0 Å². The third kappa shape index (κ3) is 3.92. The Morgan fingerprint density at radius 3 is 2.87 bits per heavy atom. The highest BCUT2D eigenvalue weighted by atomic mass is 32.1. The molecule has 0 saturated carbocycles. The lowest BCUT2D eigenvalue weighted by molar-refractivity contribution is 0.414. The number of fused-ring (bicyclic) bond motifs is 1. The third-order valence-electron chi connectivity index (χ3n) is 4.20. The molecule has 1 aromatic heterocycles. The summed E-state index contributed by atoms with van der Waals surface area (Å²) in [6, 6.07) is 17.4. The first kappa shape index (κ1) is 16.0. The van der Waals surface area contributed by atoms with Crippen LogP contribution in [0.4, 0.5) is 0 Å². The van der Waals surface area contributed by atoms with Gasteiger partial charge in [0.15, 0.2) is 0 Å². The summed E-state index contributed by atoms with van der Waals surface area (Å²) in [5.74, 6) is 0.938. The second-order valence-corrected chi connectivity index (χ2v) is 6.73. The highest BCUT2D eigenvalue weighted by Gasteiger charge is 2.10. The number of rotatable bonds is 7. The van der Waals surface area contributed by atoms with E-state index < -0.39 is 0 Å². The maximum atomic E-state index is 5.27. The molecule has 120 valence electrons. The molecule has 0 radical (unpaired) electrons. The first-order valence-corrected chi connectivity index (χ1v) is 8.98. The molecule has 3 aromatic rings. The van der Waals surface area contributed by atoms with Gasteiger partial charge in [-0.1, -0.05) is 30.3 Å². The lowest BCUT2D eigenvalue weighted by Crippen LogP contribution is -2.20. The maximum absolute atomic E-state index is 5.27. The number of ether oxygens (including phenoxy) is 1. The van der Waals surface area contributed by atoms with E-state index in [1.807, 2.05) is 17.4 Å². The van der Waals surface area contributed by atoms with Crippen molar-refractivity contribution in [2.75, 3.05) is 13.7 Å². The number of hydrogen-bond acceptors (Lipinski definition) is 3. The fourth-order valence-electron chi connectivity index (χ4n) is 2.88. The van der Waals surface area contributed by atoms with Gasteiger partial charge in [-0.3, -0.25) is 0 Å².